The van der Waals surface area contributed by atoms with Crippen molar-refractivity contribution in [3.05, 3.63) is 24.3 Å². The van der Waals surface area contributed by atoms with Gasteiger partial charge < -0.3 is 15.6 Å². The Hall–Kier alpha value is -1.60. The lowest BCUT2D eigenvalue weighted by molar-refractivity contribution is -0.309. The molecule has 1 atom stereocenters. The van der Waals surface area contributed by atoms with Crippen molar-refractivity contribution < 1.29 is 18.3 Å². The fraction of sp³-hybridized carbons (Fsp3) is 0.364. The molecule has 0 saturated carbocycles. The summed E-state index contributed by atoms with van der Waals surface area (Å²) in [5, 5.41) is 10.9. The van der Waals surface area contributed by atoms with E-state index in [2.05, 4.69) is 0 Å². The van der Waals surface area contributed by atoms with Gasteiger partial charge in [0.15, 0.2) is 0 Å². The van der Waals surface area contributed by atoms with Gasteiger partial charge in [0, 0.05) is 12.2 Å². The van der Waals surface area contributed by atoms with Crippen LogP contribution in [-0.2, 0) is 14.8 Å². The fourth-order valence-electron chi connectivity index (χ4n) is 2.04. The Morgan fingerprint density at radius 3 is 2.50 bits per heavy atom. The van der Waals surface area contributed by atoms with Gasteiger partial charge in [0.1, 0.15) is 0 Å². The van der Waals surface area contributed by atoms with Crippen molar-refractivity contribution in [2.45, 2.75) is 23.8 Å². The Morgan fingerprint density at radius 1 is 1.33 bits per heavy atom. The zero-order chi connectivity index (χ0) is 13.3. The summed E-state index contributed by atoms with van der Waals surface area (Å²) in [4.78, 5) is 11.0. The van der Waals surface area contributed by atoms with Crippen LogP contribution in [0, 0.1) is 0 Å². The van der Waals surface area contributed by atoms with Crippen molar-refractivity contribution >= 4 is 21.7 Å². The molecule has 0 aromatic heterocycles. The summed E-state index contributed by atoms with van der Waals surface area (Å²) in [6, 6.07) is 4.60. The number of carbonyl (C=O) groups excluding carboxylic acids is 1. The Labute approximate surface area is 105 Å². The number of rotatable bonds is 3. The van der Waals surface area contributed by atoms with Crippen LogP contribution in [0.5, 0.6) is 0 Å². The van der Waals surface area contributed by atoms with Crippen molar-refractivity contribution in [2.24, 2.45) is 0 Å². The van der Waals surface area contributed by atoms with Crippen LogP contribution in [0.2, 0.25) is 0 Å². The van der Waals surface area contributed by atoms with Gasteiger partial charge in [-0.3, -0.25) is 0 Å². The third-order valence-electron chi connectivity index (χ3n) is 2.96. The quantitative estimate of drug-likeness (QED) is 0.721. The second kappa shape index (κ2) is 4.58. The first-order valence-electron chi connectivity index (χ1n) is 5.51. The Balaban J connectivity index is 2.36. The third-order valence-corrected chi connectivity index (χ3v) is 4.88. The first-order valence-corrected chi connectivity index (χ1v) is 6.95. The molecule has 2 rings (SSSR count). The van der Waals surface area contributed by atoms with Crippen molar-refractivity contribution in [2.75, 3.05) is 12.3 Å². The number of sulfonamides is 1. The summed E-state index contributed by atoms with van der Waals surface area (Å²) in [6.07, 6.45) is 0.809. The number of carbonyl (C=O) groups is 1. The molecule has 7 heteroatoms. The van der Waals surface area contributed by atoms with Gasteiger partial charge in [0.25, 0.3) is 0 Å². The lowest BCUT2D eigenvalue weighted by Crippen LogP contribution is -2.46. The molecule has 0 bridgehead atoms. The molecule has 1 saturated heterocycles. The van der Waals surface area contributed by atoms with Gasteiger partial charge in [-0.05, 0) is 37.1 Å². The van der Waals surface area contributed by atoms with Gasteiger partial charge >= 0.3 is 0 Å². The number of nitrogens with zero attached hydrogens (tertiary/aromatic N) is 1. The average molecular weight is 269 g/mol. The van der Waals surface area contributed by atoms with E-state index in [1.807, 2.05) is 0 Å². The van der Waals surface area contributed by atoms with E-state index in [1.165, 1.54) is 24.3 Å². The molecule has 0 radical (unpaired) electrons. The Morgan fingerprint density at radius 2 is 1.94 bits per heavy atom. The molecule has 0 unspecified atom stereocenters. The van der Waals surface area contributed by atoms with E-state index < -0.39 is 22.0 Å². The third kappa shape index (κ3) is 2.19. The number of anilines is 1. The Bertz CT molecular complexity index is 553. The second-order valence-electron chi connectivity index (χ2n) is 4.16. The normalized spacial score (nSPS) is 21.0. The van der Waals surface area contributed by atoms with E-state index in [4.69, 9.17) is 5.73 Å². The van der Waals surface area contributed by atoms with Crippen LogP contribution < -0.4 is 10.8 Å². The monoisotopic (exact) mass is 269 g/mol. The van der Waals surface area contributed by atoms with Crippen LogP contribution in [0.1, 0.15) is 12.8 Å². The maximum absolute atomic E-state index is 12.3. The van der Waals surface area contributed by atoms with Crippen molar-refractivity contribution in [1.82, 2.24) is 4.31 Å². The first kappa shape index (κ1) is 12.8. The molecule has 18 heavy (non-hydrogen) atoms. The largest absolute Gasteiger partial charge is 0.548 e. The summed E-state index contributed by atoms with van der Waals surface area (Å²) in [7, 11) is -3.79. The molecule has 0 aliphatic carbocycles. The van der Waals surface area contributed by atoms with E-state index in [0.29, 0.717) is 12.1 Å². The minimum Gasteiger partial charge on any atom is -0.548 e. The minimum absolute atomic E-state index is 0.0462. The van der Waals surface area contributed by atoms with Crippen molar-refractivity contribution in [3.8, 4) is 0 Å². The van der Waals surface area contributed by atoms with Crippen LogP contribution in [0.3, 0.4) is 0 Å². The zero-order valence-corrected chi connectivity index (χ0v) is 10.4. The standard InChI is InChI=1S/C11H14N2O4S/c12-8-3-5-9(6-4-8)18(16,17)13-7-1-2-10(13)11(14)15/h3-6,10H,1-2,7,12H2,(H,14,15)/p-1/t10-/m0/s1. The summed E-state index contributed by atoms with van der Waals surface area (Å²) in [6.45, 7) is 0.200. The highest BCUT2D eigenvalue weighted by Gasteiger charge is 2.35. The number of carboxylic acid groups (broad SMARTS) is 1. The van der Waals surface area contributed by atoms with Crippen LogP contribution in [0.25, 0.3) is 0 Å². The van der Waals surface area contributed by atoms with E-state index in [0.717, 1.165) is 4.31 Å². The highest BCUT2D eigenvalue weighted by atomic mass is 32.2. The minimum atomic E-state index is -3.79. The molecular weight excluding hydrogens is 256 g/mol. The molecule has 6 nitrogen and oxygen atoms in total. The highest BCUT2D eigenvalue weighted by Crippen LogP contribution is 2.26. The smallest absolute Gasteiger partial charge is 0.243 e. The second-order valence-corrected chi connectivity index (χ2v) is 6.05. The fourth-order valence-corrected chi connectivity index (χ4v) is 3.69. The number of nitrogens with two attached hydrogens (primary N) is 1. The molecule has 1 fully saturated rings. The molecular formula is C11H13N2O4S-. The van der Waals surface area contributed by atoms with Crippen LogP contribution in [0.4, 0.5) is 5.69 Å². The van der Waals surface area contributed by atoms with Crippen molar-refractivity contribution in [3.63, 3.8) is 0 Å². The zero-order valence-electron chi connectivity index (χ0n) is 9.57. The molecule has 1 aromatic rings. The van der Waals surface area contributed by atoms with Gasteiger partial charge in [-0.15, -0.1) is 0 Å². The number of benzene rings is 1. The van der Waals surface area contributed by atoms with Gasteiger partial charge in [-0.1, -0.05) is 0 Å². The SMILES string of the molecule is Nc1ccc(S(=O)(=O)N2CCC[C@H]2C(=O)[O-])cc1. The molecule has 1 heterocycles. The number of hydrogen-bond acceptors (Lipinski definition) is 5. The molecule has 1 aliphatic rings. The topological polar surface area (TPSA) is 104 Å². The van der Waals surface area contributed by atoms with E-state index >= 15 is 0 Å². The van der Waals surface area contributed by atoms with Crippen LogP contribution >= 0.6 is 0 Å². The molecule has 2 N–H and O–H groups in total. The molecule has 0 amide bonds. The molecule has 0 spiro atoms. The predicted octanol–water partition coefficient (Wildman–Crippen LogP) is -0.828. The molecule has 98 valence electrons. The number of hydrogen-bond donors (Lipinski definition) is 1. The van der Waals surface area contributed by atoms with Crippen molar-refractivity contribution in [1.29, 1.82) is 0 Å². The molecule has 1 aromatic carbocycles. The number of aliphatic carboxylic acids is 1. The van der Waals surface area contributed by atoms with E-state index in [9.17, 15) is 18.3 Å². The maximum atomic E-state index is 12.3. The highest BCUT2D eigenvalue weighted by molar-refractivity contribution is 7.89. The maximum Gasteiger partial charge on any atom is 0.243 e. The lowest BCUT2D eigenvalue weighted by atomic mass is 10.2. The van der Waals surface area contributed by atoms with Gasteiger partial charge in [-0.2, -0.15) is 4.31 Å². The first-order chi connectivity index (χ1) is 8.43. The summed E-state index contributed by atoms with van der Waals surface area (Å²) >= 11 is 0. The predicted molar refractivity (Wildman–Crippen MR) is 62.8 cm³/mol. The van der Waals surface area contributed by atoms with E-state index in [1.54, 1.807) is 0 Å². The average Bonchev–Trinajstić information content (AvgIpc) is 2.79. The number of carboxylic acids is 1. The van der Waals surface area contributed by atoms with Gasteiger partial charge in [-0.25, -0.2) is 8.42 Å². The summed E-state index contributed by atoms with van der Waals surface area (Å²) < 4.78 is 25.5. The van der Waals surface area contributed by atoms with E-state index in [-0.39, 0.29) is 17.9 Å². The summed E-state index contributed by atoms with van der Waals surface area (Å²) in [5.74, 6) is -1.36. The van der Waals surface area contributed by atoms with Crippen LogP contribution in [-0.4, -0.2) is 31.3 Å². The Kier molecular flexibility index (Phi) is 3.27. The van der Waals surface area contributed by atoms with Gasteiger partial charge in [0.05, 0.1) is 16.9 Å². The number of nitrogen functional groups attached to an aromatic ring is 1. The summed E-state index contributed by atoms with van der Waals surface area (Å²) in [5.41, 5.74) is 5.94. The lowest BCUT2D eigenvalue weighted by Gasteiger charge is -2.24. The van der Waals surface area contributed by atoms with Crippen LogP contribution in [0.15, 0.2) is 29.2 Å². The van der Waals surface area contributed by atoms with Gasteiger partial charge in [0.2, 0.25) is 10.0 Å². The molecule has 1 aliphatic heterocycles.